The number of nitrogens with zero attached hydrogens (tertiary/aromatic N) is 3. The highest BCUT2D eigenvalue weighted by Crippen LogP contribution is 2.30. The number of benzene rings is 1. The molecule has 26 heavy (non-hydrogen) atoms. The van der Waals surface area contributed by atoms with E-state index in [1.54, 1.807) is 11.6 Å². The van der Waals surface area contributed by atoms with Crippen LogP contribution < -0.4 is 5.73 Å². The molecule has 3 rings (SSSR count). The molecular formula is C19H27ClN4O2. The Morgan fingerprint density at radius 1 is 1.35 bits per heavy atom. The van der Waals surface area contributed by atoms with Gasteiger partial charge in [-0.1, -0.05) is 25.1 Å². The fraction of sp³-hybridized carbons (Fsp3) is 0.474. The second kappa shape index (κ2) is 8.66. The van der Waals surface area contributed by atoms with Gasteiger partial charge in [0, 0.05) is 24.8 Å². The van der Waals surface area contributed by atoms with Gasteiger partial charge in [-0.05, 0) is 44.0 Å². The van der Waals surface area contributed by atoms with E-state index in [4.69, 9.17) is 10.5 Å². The van der Waals surface area contributed by atoms with Gasteiger partial charge in [-0.2, -0.15) is 5.10 Å². The Hall–Kier alpha value is -1.89. The van der Waals surface area contributed by atoms with Crippen LogP contribution in [0.15, 0.2) is 36.5 Å². The maximum absolute atomic E-state index is 12.3. The average molecular weight is 379 g/mol. The normalized spacial score (nSPS) is 20.0. The minimum atomic E-state index is -0.368. The Balaban J connectivity index is 0.00000243. The number of aromatic nitrogens is 2. The third-order valence-corrected chi connectivity index (χ3v) is 4.80. The number of rotatable bonds is 6. The Bertz CT molecular complexity index is 734. The fourth-order valence-electron chi connectivity index (χ4n) is 3.28. The molecular weight excluding hydrogens is 352 g/mol. The number of para-hydroxylation sites is 1. The molecule has 0 amide bonds. The van der Waals surface area contributed by atoms with E-state index in [-0.39, 0.29) is 23.8 Å². The lowest BCUT2D eigenvalue weighted by Crippen LogP contribution is -2.31. The first-order valence-electron chi connectivity index (χ1n) is 8.78. The number of likely N-dealkylation sites (tertiary alicyclic amines) is 1. The molecule has 1 fully saturated rings. The Kier molecular flexibility index (Phi) is 6.81. The molecule has 2 heterocycles. The first-order chi connectivity index (χ1) is 12.0. The van der Waals surface area contributed by atoms with Crippen LogP contribution in [0.4, 0.5) is 0 Å². The van der Waals surface area contributed by atoms with Crippen LogP contribution >= 0.6 is 12.4 Å². The van der Waals surface area contributed by atoms with Crippen LogP contribution in [-0.2, 0) is 11.3 Å². The quantitative estimate of drug-likeness (QED) is 0.782. The van der Waals surface area contributed by atoms with Crippen molar-refractivity contribution < 1.29 is 9.53 Å². The topological polar surface area (TPSA) is 73.4 Å². The van der Waals surface area contributed by atoms with E-state index in [0.717, 1.165) is 30.8 Å². The molecule has 1 atom stereocenters. The van der Waals surface area contributed by atoms with Gasteiger partial charge >= 0.3 is 5.97 Å². The summed E-state index contributed by atoms with van der Waals surface area (Å²) in [6.45, 7) is 7.62. The molecule has 0 saturated carbocycles. The predicted octanol–water partition coefficient (Wildman–Crippen LogP) is 2.64. The molecule has 0 bridgehead atoms. The standard InChI is InChI=1S/C19H26N4O2.ClH/c1-3-25-18(24)17-15(11-22-10-9-19(2,13-20)14-22)12-23(21-17)16-7-5-4-6-8-16;/h4-8,12H,3,9-11,13-14,20H2,1-2H3;1H. The van der Waals surface area contributed by atoms with Crippen molar-refractivity contribution in [3.8, 4) is 5.69 Å². The minimum absolute atomic E-state index is 0. The first kappa shape index (κ1) is 20.4. The highest BCUT2D eigenvalue weighted by Gasteiger charge is 2.33. The highest BCUT2D eigenvalue weighted by molar-refractivity contribution is 5.88. The molecule has 1 aliphatic heterocycles. The largest absolute Gasteiger partial charge is 0.461 e. The number of hydrogen-bond acceptors (Lipinski definition) is 5. The molecule has 0 aliphatic carbocycles. The summed E-state index contributed by atoms with van der Waals surface area (Å²) in [6.07, 6.45) is 3.00. The zero-order valence-electron chi connectivity index (χ0n) is 15.4. The van der Waals surface area contributed by atoms with Gasteiger partial charge in [0.05, 0.1) is 12.3 Å². The third-order valence-electron chi connectivity index (χ3n) is 4.80. The molecule has 0 radical (unpaired) electrons. The summed E-state index contributed by atoms with van der Waals surface area (Å²) in [5.74, 6) is -0.368. The lowest BCUT2D eigenvalue weighted by atomic mass is 9.90. The van der Waals surface area contributed by atoms with Gasteiger partial charge in [-0.25, -0.2) is 9.48 Å². The van der Waals surface area contributed by atoms with Crippen molar-refractivity contribution in [1.82, 2.24) is 14.7 Å². The van der Waals surface area contributed by atoms with Gasteiger partial charge in [0.2, 0.25) is 0 Å². The Morgan fingerprint density at radius 3 is 2.69 bits per heavy atom. The van der Waals surface area contributed by atoms with Crippen molar-refractivity contribution in [3.63, 3.8) is 0 Å². The predicted molar refractivity (Wildman–Crippen MR) is 104 cm³/mol. The molecule has 1 aliphatic rings. The molecule has 2 N–H and O–H groups in total. The van der Waals surface area contributed by atoms with Gasteiger partial charge in [0.25, 0.3) is 0 Å². The highest BCUT2D eigenvalue weighted by atomic mass is 35.5. The van der Waals surface area contributed by atoms with Gasteiger partial charge in [-0.15, -0.1) is 12.4 Å². The maximum atomic E-state index is 12.3. The molecule has 0 spiro atoms. The van der Waals surface area contributed by atoms with Crippen LogP contribution in [0.1, 0.15) is 36.3 Å². The van der Waals surface area contributed by atoms with Crippen molar-refractivity contribution in [3.05, 3.63) is 47.8 Å². The van der Waals surface area contributed by atoms with Gasteiger partial charge in [0.1, 0.15) is 0 Å². The van der Waals surface area contributed by atoms with Crippen molar-refractivity contribution in [2.24, 2.45) is 11.1 Å². The van der Waals surface area contributed by atoms with Crippen molar-refractivity contribution >= 4 is 18.4 Å². The summed E-state index contributed by atoms with van der Waals surface area (Å²) in [4.78, 5) is 14.7. The van der Waals surface area contributed by atoms with Crippen LogP contribution in [0.5, 0.6) is 0 Å². The van der Waals surface area contributed by atoms with E-state index in [2.05, 4.69) is 16.9 Å². The van der Waals surface area contributed by atoms with E-state index < -0.39 is 0 Å². The zero-order chi connectivity index (χ0) is 17.9. The van der Waals surface area contributed by atoms with E-state index in [1.165, 1.54) is 0 Å². The zero-order valence-corrected chi connectivity index (χ0v) is 16.2. The summed E-state index contributed by atoms with van der Waals surface area (Å²) < 4.78 is 6.94. The molecule has 1 unspecified atom stereocenters. The fourth-order valence-corrected chi connectivity index (χ4v) is 3.28. The van der Waals surface area contributed by atoms with Gasteiger partial charge < -0.3 is 10.5 Å². The number of halogens is 1. The second-order valence-corrected chi connectivity index (χ2v) is 6.98. The number of carbonyl (C=O) groups is 1. The SMILES string of the molecule is CCOC(=O)c1nn(-c2ccccc2)cc1CN1CCC(C)(CN)C1.Cl. The number of nitrogens with two attached hydrogens (primary N) is 1. The van der Waals surface area contributed by atoms with Crippen molar-refractivity contribution in [2.45, 2.75) is 26.8 Å². The van der Waals surface area contributed by atoms with Crippen molar-refractivity contribution in [2.75, 3.05) is 26.2 Å². The number of hydrogen-bond donors (Lipinski definition) is 1. The van der Waals surface area contributed by atoms with E-state index in [0.29, 0.717) is 25.4 Å². The third kappa shape index (κ3) is 4.44. The lowest BCUT2D eigenvalue weighted by molar-refractivity contribution is 0.0516. The Labute approximate surface area is 160 Å². The summed E-state index contributed by atoms with van der Waals surface area (Å²) in [7, 11) is 0. The summed E-state index contributed by atoms with van der Waals surface area (Å²) >= 11 is 0. The van der Waals surface area contributed by atoms with Crippen LogP contribution in [0, 0.1) is 5.41 Å². The Morgan fingerprint density at radius 2 is 2.08 bits per heavy atom. The lowest BCUT2D eigenvalue weighted by Gasteiger charge is -2.22. The van der Waals surface area contributed by atoms with Crippen LogP contribution in [0.3, 0.4) is 0 Å². The molecule has 1 aromatic carbocycles. The molecule has 7 heteroatoms. The van der Waals surface area contributed by atoms with Crippen molar-refractivity contribution in [1.29, 1.82) is 0 Å². The monoisotopic (exact) mass is 378 g/mol. The summed E-state index contributed by atoms with van der Waals surface area (Å²) in [5.41, 5.74) is 8.27. The minimum Gasteiger partial charge on any atom is -0.461 e. The molecule has 142 valence electrons. The first-order valence-corrected chi connectivity index (χ1v) is 8.78. The van der Waals surface area contributed by atoms with Crippen LogP contribution in [-0.4, -0.2) is 46.9 Å². The van der Waals surface area contributed by atoms with Gasteiger partial charge in [0.15, 0.2) is 5.69 Å². The van der Waals surface area contributed by atoms with E-state index in [1.807, 2.05) is 36.5 Å². The number of ether oxygens (including phenoxy) is 1. The molecule has 6 nitrogen and oxygen atoms in total. The van der Waals surface area contributed by atoms with Gasteiger partial charge in [-0.3, -0.25) is 4.90 Å². The summed E-state index contributed by atoms with van der Waals surface area (Å²) in [5, 5.41) is 4.49. The number of carbonyl (C=O) groups excluding carboxylic acids is 1. The van der Waals surface area contributed by atoms with E-state index >= 15 is 0 Å². The maximum Gasteiger partial charge on any atom is 0.359 e. The van der Waals surface area contributed by atoms with Crippen LogP contribution in [0.2, 0.25) is 0 Å². The van der Waals surface area contributed by atoms with E-state index in [9.17, 15) is 4.79 Å². The smallest absolute Gasteiger partial charge is 0.359 e. The molecule has 1 saturated heterocycles. The molecule has 2 aromatic rings. The second-order valence-electron chi connectivity index (χ2n) is 6.98. The van der Waals surface area contributed by atoms with Crippen LogP contribution in [0.25, 0.3) is 5.69 Å². The molecule has 1 aromatic heterocycles. The number of esters is 1. The average Bonchev–Trinajstić information content (AvgIpc) is 3.21. The summed E-state index contributed by atoms with van der Waals surface area (Å²) in [6, 6.07) is 9.79.